The number of aromatic nitrogens is 1. The van der Waals surface area contributed by atoms with Crippen molar-refractivity contribution >= 4 is 21.4 Å². The maximum Gasteiger partial charge on any atom is 0.194 e. The number of nitrogens with zero attached hydrogens (tertiary/aromatic N) is 1. The summed E-state index contributed by atoms with van der Waals surface area (Å²) in [5.41, 5.74) is 0.329. The number of hydrogen-bond donors (Lipinski definition) is 1. The van der Waals surface area contributed by atoms with Crippen molar-refractivity contribution in [1.82, 2.24) is 4.98 Å². The smallest absolute Gasteiger partial charge is 0.194 e. The third-order valence-corrected chi connectivity index (χ3v) is 3.10. The fraction of sp³-hybridized carbons (Fsp3) is 0.375. The first-order chi connectivity index (χ1) is 6.36. The highest BCUT2D eigenvalue weighted by Gasteiger charge is 2.17. The molecule has 1 rings (SSSR count). The van der Waals surface area contributed by atoms with Crippen molar-refractivity contribution in [3.8, 4) is 5.75 Å². The van der Waals surface area contributed by atoms with E-state index in [1.165, 1.54) is 6.07 Å². The van der Waals surface area contributed by atoms with E-state index in [4.69, 9.17) is 11.6 Å². The van der Waals surface area contributed by atoms with Crippen molar-refractivity contribution in [3.63, 3.8) is 0 Å². The van der Waals surface area contributed by atoms with Gasteiger partial charge in [0.05, 0.1) is 10.7 Å². The summed E-state index contributed by atoms with van der Waals surface area (Å²) in [6.45, 7) is 1.77. The van der Waals surface area contributed by atoms with Crippen LogP contribution in [0, 0.1) is 0 Å². The van der Waals surface area contributed by atoms with Crippen LogP contribution < -0.4 is 0 Å². The Labute approximate surface area is 87.5 Å². The van der Waals surface area contributed by atoms with Gasteiger partial charge in [0, 0.05) is 12.3 Å². The average molecular weight is 236 g/mol. The molecule has 0 bridgehead atoms. The zero-order chi connectivity index (χ0) is 10.9. The molecule has 0 fully saturated rings. The zero-order valence-corrected chi connectivity index (χ0v) is 9.35. The van der Waals surface area contributed by atoms with E-state index in [1.54, 1.807) is 6.92 Å². The van der Waals surface area contributed by atoms with Crippen molar-refractivity contribution in [2.75, 3.05) is 6.26 Å². The highest BCUT2D eigenvalue weighted by molar-refractivity contribution is 7.90. The molecule has 0 amide bonds. The number of hydrogen-bond acceptors (Lipinski definition) is 4. The number of halogens is 1. The Morgan fingerprint density at radius 3 is 2.57 bits per heavy atom. The monoisotopic (exact) mass is 235 g/mol. The molecule has 14 heavy (non-hydrogen) atoms. The topological polar surface area (TPSA) is 67.3 Å². The molecule has 4 nitrogen and oxygen atoms in total. The molecule has 0 aliphatic rings. The molecule has 1 aromatic rings. The van der Waals surface area contributed by atoms with Crippen LogP contribution in [0.1, 0.15) is 12.6 Å². The van der Waals surface area contributed by atoms with Crippen LogP contribution >= 0.6 is 11.6 Å². The third kappa shape index (κ3) is 2.16. The van der Waals surface area contributed by atoms with Crippen molar-refractivity contribution in [3.05, 3.63) is 16.8 Å². The molecule has 0 atom stereocenters. The molecule has 6 heteroatoms. The maximum atomic E-state index is 11.2. The minimum atomic E-state index is -3.44. The predicted molar refractivity (Wildman–Crippen MR) is 53.4 cm³/mol. The summed E-state index contributed by atoms with van der Waals surface area (Å²) in [5.74, 6) is -0.0788. The van der Waals surface area contributed by atoms with Crippen molar-refractivity contribution < 1.29 is 13.5 Å². The lowest BCUT2D eigenvalue weighted by Crippen LogP contribution is -2.04. The minimum Gasteiger partial charge on any atom is -0.506 e. The molecule has 0 unspecified atom stereocenters. The Bertz CT molecular complexity index is 456. The van der Waals surface area contributed by atoms with Gasteiger partial charge in [-0.1, -0.05) is 18.5 Å². The van der Waals surface area contributed by atoms with E-state index in [1.807, 2.05) is 0 Å². The molecule has 0 aliphatic carbocycles. The van der Waals surface area contributed by atoms with E-state index in [0.29, 0.717) is 12.1 Å². The van der Waals surface area contributed by atoms with E-state index in [-0.39, 0.29) is 15.8 Å². The fourth-order valence-electron chi connectivity index (χ4n) is 1.02. The van der Waals surface area contributed by atoms with Crippen LogP contribution in [-0.2, 0) is 16.3 Å². The summed E-state index contributed by atoms with van der Waals surface area (Å²) in [6.07, 6.45) is 1.48. The Morgan fingerprint density at radius 1 is 1.57 bits per heavy atom. The molecular formula is C8H10ClNO3S. The largest absolute Gasteiger partial charge is 0.506 e. The van der Waals surface area contributed by atoms with Gasteiger partial charge in [-0.2, -0.15) is 0 Å². The SMILES string of the molecule is CCc1nc(S(C)(=O)=O)c(Cl)cc1O. The standard InChI is InChI=1S/C8H10ClNO3S/c1-3-6-7(11)4-5(9)8(10-6)14(2,12)13/h4,11H,3H2,1-2H3. The van der Waals surface area contributed by atoms with E-state index < -0.39 is 9.84 Å². The highest BCUT2D eigenvalue weighted by atomic mass is 35.5. The molecule has 0 saturated heterocycles. The van der Waals surface area contributed by atoms with Gasteiger partial charge in [0.2, 0.25) is 0 Å². The van der Waals surface area contributed by atoms with Gasteiger partial charge >= 0.3 is 0 Å². The Kier molecular flexibility index (Phi) is 3.01. The summed E-state index contributed by atoms with van der Waals surface area (Å²) in [6, 6.07) is 1.20. The van der Waals surface area contributed by atoms with E-state index in [2.05, 4.69) is 4.98 Å². The molecule has 0 spiro atoms. The summed E-state index contributed by atoms with van der Waals surface area (Å²) >= 11 is 5.64. The summed E-state index contributed by atoms with van der Waals surface area (Å²) in [7, 11) is -3.44. The average Bonchev–Trinajstić information content (AvgIpc) is 2.02. The highest BCUT2D eigenvalue weighted by Crippen LogP contribution is 2.26. The molecule has 0 saturated carbocycles. The maximum absolute atomic E-state index is 11.2. The van der Waals surface area contributed by atoms with Gasteiger partial charge in [0.25, 0.3) is 0 Å². The first-order valence-corrected chi connectivity index (χ1v) is 6.21. The van der Waals surface area contributed by atoms with Gasteiger partial charge in [-0.05, 0) is 6.42 Å². The number of aryl methyl sites for hydroxylation is 1. The lowest BCUT2D eigenvalue weighted by Gasteiger charge is -2.05. The van der Waals surface area contributed by atoms with Crippen LogP contribution in [0.25, 0.3) is 0 Å². The second-order valence-corrected chi connectivity index (χ2v) is 5.21. The zero-order valence-electron chi connectivity index (χ0n) is 7.78. The number of sulfone groups is 1. The van der Waals surface area contributed by atoms with Crippen LogP contribution in [-0.4, -0.2) is 24.8 Å². The van der Waals surface area contributed by atoms with E-state index >= 15 is 0 Å². The quantitative estimate of drug-likeness (QED) is 0.842. The number of rotatable bonds is 2. The van der Waals surface area contributed by atoms with Crippen LogP contribution in [0.5, 0.6) is 5.75 Å². The van der Waals surface area contributed by atoms with Crippen molar-refractivity contribution in [2.45, 2.75) is 18.4 Å². The van der Waals surface area contributed by atoms with Gasteiger partial charge in [-0.25, -0.2) is 13.4 Å². The van der Waals surface area contributed by atoms with Gasteiger partial charge in [0.15, 0.2) is 14.9 Å². The summed E-state index contributed by atoms with van der Waals surface area (Å²) in [4.78, 5) is 3.79. The molecule has 0 aromatic carbocycles. The van der Waals surface area contributed by atoms with Crippen LogP contribution in [0.2, 0.25) is 5.02 Å². The second kappa shape index (κ2) is 3.74. The van der Waals surface area contributed by atoms with Crippen molar-refractivity contribution in [1.29, 1.82) is 0 Å². The van der Waals surface area contributed by atoms with Gasteiger partial charge in [0.1, 0.15) is 5.75 Å². The molecule has 78 valence electrons. The Morgan fingerprint density at radius 2 is 2.14 bits per heavy atom. The van der Waals surface area contributed by atoms with Gasteiger partial charge < -0.3 is 5.11 Å². The summed E-state index contributed by atoms with van der Waals surface area (Å²) in [5, 5.41) is 9.10. The molecule has 1 aromatic heterocycles. The first-order valence-electron chi connectivity index (χ1n) is 3.94. The minimum absolute atomic E-state index is 0.0535. The number of pyridine rings is 1. The predicted octanol–water partition coefficient (Wildman–Crippen LogP) is 1.41. The Hall–Kier alpha value is -0.810. The van der Waals surface area contributed by atoms with Crippen molar-refractivity contribution in [2.24, 2.45) is 0 Å². The second-order valence-electron chi connectivity index (χ2n) is 2.87. The van der Waals surface area contributed by atoms with Crippen LogP contribution in [0.15, 0.2) is 11.1 Å². The third-order valence-electron chi connectivity index (χ3n) is 1.69. The molecule has 1 heterocycles. The van der Waals surface area contributed by atoms with Gasteiger partial charge in [-0.3, -0.25) is 0 Å². The van der Waals surface area contributed by atoms with E-state index in [0.717, 1.165) is 6.26 Å². The normalized spacial score (nSPS) is 11.6. The first kappa shape index (κ1) is 11.3. The number of aromatic hydroxyl groups is 1. The lowest BCUT2D eigenvalue weighted by molar-refractivity contribution is 0.463. The van der Waals surface area contributed by atoms with Gasteiger partial charge in [-0.15, -0.1) is 0 Å². The van der Waals surface area contributed by atoms with E-state index in [9.17, 15) is 13.5 Å². The van der Waals surface area contributed by atoms with Crippen LogP contribution in [0.4, 0.5) is 0 Å². The molecule has 0 radical (unpaired) electrons. The fourth-order valence-corrected chi connectivity index (χ4v) is 2.27. The molecule has 0 aliphatic heterocycles. The lowest BCUT2D eigenvalue weighted by atomic mass is 10.3. The van der Waals surface area contributed by atoms with Crippen LogP contribution in [0.3, 0.4) is 0 Å². The molecule has 1 N–H and O–H groups in total. The summed E-state index contributed by atoms with van der Waals surface area (Å²) < 4.78 is 22.4. The molecular weight excluding hydrogens is 226 g/mol. The Balaban J connectivity index is 3.47.